The van der Waals surface area contributed by atoms with E-state index in [9.17, 15) is 10.2 Å². The summed E-state index contributed by atoms with van der Waals surface area (Å²) >= 11 is 0. The summed E-state index contributed by atoms with van der Waals surface area (Å²) in [6, 6.07) is 3.76. The highest BCUT2D eigenvalue weighted by Gasteiger charge is 2.18. The van der Waals surface area contributed by atoms with E-state index < -0.39 is 0 Å². The van der Waals surface area contributed by atoms with Crippen molar-refractivity contribution in [3.05, 3.63) is 23.3 Å². The van der Waals surface area contributed by atoms with E-state index >= 15 is 0 Å². The molecule has 0 aliphatic carbocycles. The van der Waals surface area contributed by atoms with Crippen LogP contribution in [0.25, 0.3) is 0 Å². The molecule has 1 aromatic rings. The van der Waals surface area contributed by atoms with Gasteiger partial charge in [-0.25, -0.2) is 0 Å². The van der Waals surface area contributed by atoms with E-state index in [1.807, 2.05) is 12.1 Å². The zero-order valence-electron chi connectivity index (χ0n) is 8.95. The number of hydrogen-bond acceptors (Lipinski definition) is 3. The van der Waals surface area contributed by atoms with Gasteiger partial charge in [0, 0.05) is 0 Å². The van der Waals surface area contributed by atoms with E-state index in [4.69, 9.17) is 0 Å². The van der Waals surface area contributed by atoms with Crippen molar-refractivity contribution < 1.29 is 10.2 Å². The van der Waals surface area contributed by atoms with Gasteiger partial charge in [-0.2, -0.15) is 0 Å². The molecule has 0 amide bonds. The van der Waals surface area contributed by atoms with Crippen LogP contribution in [0.5, 0.6) is 11.5 Å². The van der Waals surface area contributed by atoms with Crippen LogP contribution in [0, 0.1) is 12.8 Å². The van der Waals surface area contributed by atoms with Crippen molar-refractivity contribution in [3.63, 3.8) is 0 Å². The minimum Gasteiger partial charge on any atom is -0.504 e. The van der Waals surface area contributed by atoms with Gasteiger partial charge < -0.3 is 15.5 Å². The molecule has 3 N–H and O–H groups in total. The smallest absolute Gasteiger partial charge is 0.160 e. The molecule has 15 heavy (non-hydrogen) atoms. The van der Waals surface area contributed by atoms with Gasteiger partial charge in [0.1, 0.15) is 0 Å². The number of benzene rings is 1. The highest BCUT2D eigenvalue weighted by atomic mass is 16.3. The van der Waals surface area contributed by atoms with Gasteiger partial charge in [-0.3, -0.25) is 0 Å². The molecule has 1 unspecified atom stereocenters. The maximum Gasteiger partial charge on any atom is 0.160 e. The maximum absolute atomic E-state index is 9.77. The number of hydrogen-bond donors (Lipinski definition) is 3. The molecule has 1 saturated heterocycles. The first-order valence-corrected chi connectivity index (χ1v) is 5.39. The standard InChI is InChI=1S/C12H17NO2/c1-8-2-3-10(12(15)11(8)14)6-9-4-5-13-7-9/h2-3,9,13-15H,4-7H2,1H3. The van der Waals surface area contributed by atoms with Crippen molar-refractivity contribution in [1.29, 1.82) is 0 Å². The molecular formula is C12H17NO2. The van der Waals surface area contributed by atoms with Gasteiger partial charge in [-0.15, -0.1) is 0 Å². The molecule has 0 saturated carbocycles. The SMILES string of the molecule is Cc1ccc(CC2CCNC2)c(O)c1O. The fourth-order valence-corrected chi connectivity index (χ4v) is 2.09. The zero-order valence-corrected chi connectivity index (χ0v) is 8.95. The predicted molar refractivity (Wildman–Crippen MR) is 59.2 cm³/mol. The topological polar surface area (TPSA) is 52.5 Å². The normalized spacial score (nSPS) is 20.7. The molecule has 0 aromatic heterocycles. The number of phenolic OH excluding ortho intramolecular Hbond substituents is 2. The molecule has 0 spiro atoms. The van der Waals surface area contributed by atoms with E-state index in [-0.39, 0.29) is 11.5 Å². The Morgan fingerprint density at radius 1 is 1.33 bits per heavy atom. The maximum atomic E-state index is 9.77. The van der Waals surface area contributed by atoms with Crippen molar-refractivity contribution in [2.75, 3.05) is 13.1 Å². The minimum absolute atomic E-state index is 0.0263. The lowest BCUT2D eigenvalue weighted by Gasteiger charge is -2.11. The van der Waals surface area contributed by atoms with Crippen LogP contribution in [0.4, 0.5) is 0 Å². The van der Waals surface area contributed by atoms with E-state index in [0.29, 0.717) is 5.92 Å². The molecule has 0 radical (unpaired) electrons. The minimum atomic E-state index is 0.0263. The molecule has 3 heteroatoms. The van der Waals surface area contributed by atoms with E-state index in [1.165, 1.54) is 0 Å². The summed E-state index contributed by atoms with van der Waals surface area (Å²) in [5.41, 5.74) is 1.58. The quantitative estimate of drug-likeness (QED) is 0.645. The van der Waals surface area contributed by atoms with Gasteiger partial charge in [-0.1, -0.05) is 12.1 Å². The molecule has 1 atom stereocenters. The van der Waals surface area contributed by atoms with E-state index in [0.717, 1.165) is 37.1 Å². The molecule has 1 aliphatic rings. The van der Waals surface area contributed by atoms with Gasteiger partial charge in [0.25, 0.3) is 0 Å². The predicted octanol–water partition coefficient (Wildman–Crippen LogP) is 1.56. The van der Waals surface area contributed by atoms with Crippen LogP contribution in [0.1, 0.15) is 17.5 Å². The van der Waals surface area contributed by atoms with Crippen molar-refractivity contribution >= 4 is 0 Å². The third-order valence-electron chi connectivity index (χ3n) is 3.11. The van der Waals surface area contributed by atoms with E-state index in [2.05, 4.69) is 5.32 Å². The molecule has 82 valence electrons. The molecule has 1 fully saturated rings. The largest absolute Gasteiger partial charge is 0.504 e. The average molecular weight is 207 g/mol. The second-order valence-corrected chi connectivity index (χ2v) is 4.30. The Morgan fingerprint density at radius 2 is 2.13 bits per heavy atom. The molecule has 3 nitrogen and oxygen atoms in total. The molecule has 2 rings (SSSR count). The summed E-state index contributed by atoms with van der Waals surface area (Å²) in [5.74, 6) is 0.665. The van der Waals surface area contributed by atoms with Gasteiger partial charge >= 0.3 is 0 Å². The Bertz CT molecular complexity index is 357. The summed E-state index contributed by atoms with van der Waals surface area (Å²) in [6.07, 6.45) is 1.99. The van der Waals surface area contributed by atoms with Crippen LogP contribution in [0.2, 0.25) is 0 Å². The molecule has 1 aliphatic heterocycles. The van der Waals surface area contributed by atoms with Gasteiger partial charge in [0.15, 0.2) is 11.5 Å². The Morgan fingerprint density at radius 3 is 2.80 bits per heavy atom. The number of rotatable bonds is 2. The first-order valence-electron chi connectivity index (χ1n) is 5.39. The lowest BCUT2D eigenvalue weighted by molar-refractivity contribution is 0.393. The van der Waals surface area contributed by atoms with Gasteiger partial charge in [-0.05, 0) is 49.9 Å². The molecule has 0 bridgehead atoms. The van der Waals surface area contributed by atoms with Crippen molar-refractivity contribution in [2.45, 2.75) is 19.8 Å². The number of aromatic hydroxyl groups is 2. The fraction of sp³-hybridized carbons (Fsp3) is 0.500. The van der Waals surface area contributed by atoms with Crippen LogP contribution < -0.4 is 5.32 Å². The summed E-state index contributed by atoms with van der Waals surface area (Å²) in [6.45, 7) is 3.85. The highest BCUT2D eigenvalue weighted by molar-refractivity contribution is 5.49. The van der Waals surface area contributed by atoms with Crippen LogP contribution in [0.15, 0.2) is 12.1 Å². The Labute approximate surface area is 89.8 Å². The van der Waals surface area contributed by atoms with Crippen LogP contribution in [-0.4, -0.2) is 23.3 Å². The lowest BCUT2D eigenvalue weighted by atomic mass is 9.97. The lowest BCUT2D eigenvalue weighted by Crippen LogP contribution is -2.10. The van der Waals surface area contributed by atoms with Crippen molar-refractivity contribution in [1.82, 2.24) is 5.32 Å². The number of nitrogens with one attached hydrogen (secondary N) is 1. The average Bonchev–Trinajstić information content (AvgIpc) is 2.72. The summed E-state index contributed by atoms with van der Waals surface area (Å²) in [4.78, 5) is 0. The second kappa shape index (κ2) is 4.11. The molecular weight excluding hydrogens is 190 g/mol. The number of phenols is 2. The first kappa shape index (κ1) is 10.3. The van der Waals surface area contributed by atoms with Crippen molar-refractivity contribution in [2.24, 2.45) is 5.92 Å². The Kier molecular flexibility index (Phi) is 2.82. The van der Waals surface area contributed by atoms with E-state index in [1.54, 1.807) is 6.92 Å². The third kappa shape index (κ3) is 2.07. The molecule has 1 heterocycles. The van der Waals surface area contributed by atoms with Crippen LogP contribution in [0.3, 0.4) is 0 Å². The highest BCUT2D eigenvalue weighted by Crippen LogP contribution is 2.33. The Balaban J connectivity index is 2.17. The fourth-order valence-electron chi connectivity index (χ4n) is 2.09. The Hall–Kier alpha value is -1.22. The second-order valence-electron chi connectivity index (χ2n) is 4.30. The zero-order chi connectivity index (χ0) is 10.8. The first-order chi connectivity index (χ1) is 7.18. The van der Waals surface area contributed by atoms with Gasteiger partial charge in [0.2, 0.25) is 0 Å². The monoisotopic (exact) mass is 207 g/mol. The summed E-state index contributed by atoms with van der Waals surface area (Å²) < 4.78 is 0. The van der Waals surface area contributed by atoms with Gasteiger partial charge in [0.05, 0.1) is 0 Å². The third-order valence-corrected chi connectivity index (χ3v) is 3.11. The summed E-state index contributed by atoms with van der Waals surface area (Å²) in [5, 5.41) is 22.7. The van der Waals surface area contributed by atoms with Crippen molar-refractivity contribution in [3.8, 4) is 11.5 Å². The number of aryl methyl sites for hydroxylation is 1. The van der Waals surface area contributed by atoms with Crippen LogP contribution in [-0.2, 0) is 6.42 Å². The molecule has 1 aromatic carbocycles. The van der Waals surface area contributed by atoms with Crippen LogP contribution >= 0.6 is 0 Å². The summed E-state index contributed by atoms with van der Waals surface area (Å²) in [7, 11) is 0.